The number of carbonyl (C=O) groups is 3. The molecule has 0 saturated heterocycles. The minimum Gasteiger partial charge on any atom is -0.445 e. The van der Waals surface area contributed by atoms with E-state index in [1.54, 1.807) is 30.3 Å². The highest BCUT2D eigenvalue weighted by Crippen LogP contribution is 2.27. The molecule has 1 atom stereocenters. The van der Waals surface area contributed by atoms with E-state index >= 15 is 0 Å². The molecular formula is C22H22FN5O4. The Labute approximate surface area is 183 Å². The molecule has 0 radical (unpaired) electrons. The topological polar surface area (TPSA) is 139 Å². The van der Waals surface area contributed by atoms with Crippen molar-refractivity contribution in [3.63, 3.8) is 0 Å². The molecule has 3 rings (SSSR count). The largest absolute Gasteiger partial charge is 0.445 e. The highest BCUT2D eigenvalue weighted by Gasteiger charge is 2.24. The normalized spacial score (nSPS) is 11.4. The number of H-pyrrole nitrogens is 1. The molecule has 166 valence electrons. The summed E-state index contributed by atoms with van der Waals surface area (Å²) in [6.45, 7) is 0.00992. The highest BCUT2D eigenvalue weighted by molar-refractivity contribution is 5.99. The number of nitrogens with zero attached hydrogens (tertiary/aromatic N) is 1. The molecule has 32 heavy (non-hydrogen) atoms. The van der Waals surface area contributed by atoms with Gasteiger partial charge in [-0.25, -0.2) is 9.18 Å². The average molecular weight is 439 g/mol. The number of hydrogen-bond acceptors (Lipinski definition) is 5. The van der Waals surface area contributed by atoms with E-state index in [1.165, 1.54) is 24.4 Å². The predicted molar refractivity (Wildman–Crippen MR) is 115 cm³/mol. The van der Waals surface area contributed by atoms with Crippen LogP contribution in [-0.4, -0.2) is 34.1 Å². The number of anilines is 1. The average Bonchev–Trinajstić information content (AvgIpc) is 3.23. The summed E-state index contributed by atoms with van der Waals surface area (Å²) in [6.07, 6.45) is 0.301. The molecule has 0 aliphatic carbocycles. The summed E-state index contributed by atoms with van der Waals surface area (Å²) in [4.78, 5) is 36.3. The number of alkyl carbamates (subject to hydrolysis) is 1. The predicted octanol–water partition coefficient (Wildman–Crippen LogP) is 2.71. The molecule has 0 saturated carbocycles. The van der Waals surface area contributed by atoms with Crippen molar-refractivity contribution in [3.05, 3.63) is 72.2 Å². The van der Waals surface area contributed by atoms with Gasteiger partial charge in [-0.05, 0) is 24.1 Å². The maximum Gasteiger partial charge on any atom is 0.408 e. The molecule has 0 unspecified atom stereocenters. The minimum atomic E-state index is -1.12. The number of nitrogens with two attached hydrogens (primary N) is 1. The SMILES string of the molecule is NC(=O)CC[C@H](NC(=O)OCc1ccccc1)C(=O)Nc1cn[nH]c1-c1ccccc1F. The third-order valence-corrected chi connectivity index (χ3v) is 4.54. The van der Waals surface area contributed by atoms with Crippen LogP contribution in [0.4, 0.5) is 14.9 Å². The van der Waals surface area contributed by atoms with Crippen molar-refractivity contribution in [2.45, 2.75) is 25.5 Å². The second-order valence-electron chi connectivity index (χ2n) is 6.89. The van der Waals surface area contributed by atoms with Crippen molar-refractivity contribution in [1.82, 2.24) is 15.5 Å². The number of hydrogen-bond donors (Lipinski definition) is 4. The molecule has 0 bridgehead atoms. The van der Waals surface area contributed by atoms with Crippen molar-refractivity contribution in [3.8, 4) is 11.3 Å². The van der Waals surface area contributed by atoms with Gasteiger partial charge in [-0.1, -0.05) is 42.5 Å². The molecular weight excluding hydrogens is 417 g/mol. The third-order valence-electron chi connectivity index (χ3n) is 4.54. The van der Waals surface area contributed by atoms with Gasteiger partial charge in [0.1, 0.15) is 18.5 Å². The van der Waals surface area contributed by atoms with Gasteiger partial charge in [-0.3, -0.25) is 14.7 Å². The molecule has 3 amide bonds. The standard InChI is InChI=1S/C22H22FN5O4/c23-16-9-5-4-8-15(16)20-18(12-25-28-20)26-21(30)17(10-11-19(24)29)27-22(31)32-13-14-6-2-1-3-7-14/h1-9,12,17H,10-11,13H2,(H2,24,29)(H,25,28)(H,26,30)(H,27,31)/t17-/m0/s1. The second-order valence-corrected chi connectivity index (χ2v) is 6.89. The fourth-order valence-electron chi connectivity index (χ4n) is 2.93. The van der Waals surface area contributed by atoms with Crippen molar-refractivity contribution in [2.24, 2.45) is 5.73 Å². The van der Waals surface area contributed by atoms with E-state index in [1.807, 2.05) is 6.07 Å². The highest BCUT2D eigenvalue weighted by atomic mass is 19.1. The lowest BCUT2D eigenvalue weighted by Crippen LogP contribution is -2.44. The maximum absolute atomic E-state index is 14.1. The zero-order valence-corrected chi connectivity index (χ0v) is 17.0. The van der Waals surface area contributed by atoms with Gasteiger partial charge in [-0.15, -0.1) is 0 Å². The van der Waals surface area contributed by atoms with Gasteiger partial charge in [0.15, 0.2) is 0 Å². The maximum atomic E-state index is 14.1. The Morgan fingerprint density at radius 2 is 1.81 bits per heavy atom. The van der Waals surface area contributed by atoms with Crippen molar-refractivity contribution >= 4 is 23.6 Å². The first kappa shape index (κ1) is 22.5. The number of benzene rings is 2. The molecule has 2 aromatic carbocycles. The van der Waals surface area contributed by atoms with Crippen LogP contribution in [0.1, 0.15) is 18.4 Å². The van der Waals surface area contributed by atoms with E-state index < -0.39 is 29.8 Å². The van der Waals surface area contributed by atoms with Crippen LogP contribution in [0.5, 0.6) is 0 Å². The molecule has 0 spiro atoms. The summed E-state index contributed by atoms with van der Waals surface area (Å²) < 4.78 is 19.3. The summed E-state index contributed by atoms with van der Waals surface area (Å²) in [5, 5.41) is 11.5. The minimum absolute atomic E-state index is 0.00992. The molecule has 10 heteroatoms. The summed E-state index contributed by atoms with van der Waals surface area (Å²) in [5.74, 6) is -1.76. The van der Waals surface area contributed by atoms with Crippen molar-refractivity contribution in [1.29, 1.82) is 0 Å². The van der Waals surface area contributed by atoms with Gasteiger partial charge >= 0.3 is 6.09 Å². The van der Waals surface area contributed by atoms with E-state index in [0.29, 0.717) is 0 Å². The first-order valence-corrected chi connectivity index (χ1v) is 9.78. The molecule has 3 aromatic rings. The molecule has 0 fully saturated rings. The Balaban J connectivity index is 1.68. The number of nitrogens with one attached hydrogen (secondary N) is 3. The van der Waals surface area contributed by atoms with Crippen LogP contribution in [0.3, 0.4) is 0 Å². The summed E-state index contributed by atoms with van der Waals surface area (Å²) >= 11 is 0. The van der Waals surface area contributed by atoms with Crippen molar-refractivity contribution in [2.75, 3.05) is 5.32 Å². The second kappa shape index (κ2) is 10.7. The van der Waals surface area contributed by atoms with Crippen LogP contribution in [0.15, 0.2) is 60.8 Å². The van der Waals surface area contributed by atoms with Crippen LogP contribution in [0.25, 0.3) is 11.3 Å². The van der Waals surface area contributed by atoms with E-state index in [-0.39, 0.29) is 36.4 Å². The smallest absolute Gasteiger partial charge is 0.408 e. The van der Waals surface area contributed by atoms with E-state index in [0.717, 1.165) is 5.56 Å². The van der Waals surface area contributed by atoms with Gasteiger partial charge in [0.05, 0.1) is 17.6 Å². The lowest BCUT2D eigenvalue weighted by atomic mass is 10.1. The van der Waals surface area contributed by atoms with E-state index in [9.17, 15) is 18.8 Å². The van der Waals surface area contributed by atoms with Gasteiger partial charge in [0.25, 0.3) is 0 Å². The third kappa shape index (κ3) is 6.14. The van der Waals surface area contributed by atoms with Gasteiger partial charge in [0, 0.05) is 12.0 Å². The lowest BCUT2D eigenvalue weighted by Gasteiger charge is -2.18. The van der Waals surface area contributed by atoms with Gasteiger partial charge in [-0.2, -0.15) is 5.10 Å². The zero-order chi connectivity index (χ0) is 22.9. The number of rotatable bonds is 9. The monoisotopic (exact) mass is 439 g/mol. The first-order valence-electron chi connectivity index (χ1n) is 9.78. The number of primary amides is 1. The number of ether oxygens (including phenoxy) is 1. The lowest BCUT2D eigenvalue weighted by molar-refractivity contribution is -0.119. The van der Waals surface area contributed by atoms with Crippen molar-refractivity contribution < 1.29 is 23.5 Å². The fraction of sp³-hybridized carbons (Fsp3) is 0.182. The Bertz CT molecular complexity index is 1090. The molecule has 0 aliphatic rings. The molecule has 9 nitrogen and oxygen atoms in total. The number of carbonyl (C=O) groups excluding carboxylic acids is 3. The Hall–Kier alpha value is -4.21. The molecule has 0 aliphatic heterocycles. The Kier molecular flexibility index (Phi) is 7.52. The quantitative estimate of drug-likeness (QED) is 0.406. The van der Waals surface area contributed by atoms with E-state index in [2.05, 4.69) is 20.8 Å². The number of amides is 3. The number of aromatic amines is 1. The zero-order valence-electron chi connectivity index (χ0n) is 17.0. The van der Waals surface area contributed by atoms with Crippen LogP contribution in [0, 0.1) is 5.82 Å². The molecule has 5 N–H and O–H groups in total. The Morgan fingerprint density at radius 1 is 1.09 bits per heavy atom. The van der Waals surface area contributed by atoms with Crippen LogP contribution >= 0.6 is 0 Å². The summed E-state index contributed by atoms with van der Waals surface area (Å²) in [7, 11) is 0. The van der Waals surface area contributed by atoms with Crippen LogP contribution in [-0.2, 0) is 20.9 Å². The van der Waals surface area contributed by atoms with Crippen LogP contribution in [0.2, 0.25) is 0 Å². The van der Waals surface area contributed by atoms with Gasteiger partial charge < -0.3 is 21.1 Å². The van der Waals surface area contributed by atoms with E-state index in [4.69, 9.17) is 10.5 Å². The number of halogens is 1. The summed E-state index contributed by atoms with van der Waals surface area (Å²) in [6, 6.07) is 13.9. The first-order chi connectivity index (χ1) is 15.4. The van der Waals surface area contributed by atoms with Gasteiger partial charge in [0.2, 0.25) is 11.8 Å². The molecule has 1 heterocycles. The fourth-order valence-corrected chi connectivity index (χ4v) is 2.93. The Morgan fingerprint density at radius 3 is 2.53 bits per heavy atom. The molecule has 1 aromatic heterocycles. The number of aromatic nitrogens is 2. The summed E-state index contributed by atoms with van der Waals surface area (Å²) in [5.41, 5.74) is 6.64. The van der Waals surface area contributed by atoms with Crippen LogP contribution < -0.4 is 16.4 Å².